The lowest BCUT2D eigenvalue weighted by Crippen LogP contribution is -2.10. The molecule has 8 nitrogen and oxygen atoms in total. The van der Waals surface area contributed by atoms with Crippen molar-refractivity contribution in [1.29, 1.82) is 5.26 Å². The monoisotopic (exact) mass is 843 g/mol. The van der Waals surface area contributed by atoms with Crippen LogP contribution in [-0.4, -0.2) is 37.5 Å². The number of aliphatic carboxylic acids is 1. The Balaban J connectivity index is 1.65. The van der Waals surface area contributed by atoms with Gasteiger partial charge in [0.05, 0.1) is 26.4 Å². The lowest BCUT2D eigenvalue weighted by molar-refractivity contribution is -0.132. The van der Waals surface area contributed by atoms with E-state index < -0.39 is 5.97 Å². The molecule has 4 rings (SSSR count). The number of nitriles is 1. The van der Waals surface area contributed by atoms with Crippen LogP contribution in [0.5, 0.6) is 23.0 Å². The van der Waals surface area contributed by atoms with E-state index in [4.69, 9.17) is 18.9 Å². The molecule has 0 saturated carbocycles. The molecule has 62 heavy (non-hydrogen) atoms. The molecule has 1 N–H and O–H groups in total. The molecule has 0 bridgehead atoms. The van der Waals surface area contributed by atoms with Gasteiger partial charge in [-0.05, 0) is 110 Å². The summed E-state index contributed by atoms with van der Waals surface area (Å²) in [4.78, 5) is 14.1. The first-order chi connectivity index (χ1) is 30.4. The summed E-state index contributed by atoms with van der Waals surface area (Å²) < 4.78 is 24.8. The highest BCUT2D eigenvalue weighted by molar-refractivity contribution is 5.97. The molecule has 332 valence electrons. The van der Waals surface area contributed by atoms with Gasteiger partial charge in [0.2, 0.25) is 0 Å². The van der Waals surface area contributed by atoms with Gasteiger partial charge in [0.1, 0.15) is 34.6 Å². The van der Waals surface area contributed by atoms with E-state index >= 15 is 0 Å². The average molecular weight is 843 g/mol. The van der Waals surface area contributed by atoms with Gasteiger partial charge in [-0.3, -0.25) is 0 Å². The van der Waals surface area contributed by atoms with Crippen LogP contribution in [0.3, 0.4) is 0 Å². The molecule has 0 aromatic heterocycles. The first-order valence-electron chi connectivity index (χ1n) is 23.2. The standard InChI is InChI=1S/C54H70N2O6/c1-5-9-13-17-35-59-50-31-27-48(28-32-50)56(49-29-33-51(34-30-49)60-36-18-14-10-6-2)47-25-22-43(23-26-47)21-24-44-40-53(62-38-20-16-12-8-4)45(39-46(42-55)54(57)58)41-52(44)61-37-19-15-11-7-3/h21-34,39-41H,5-20,35-38H2,1-4H3,(H,57,58)/b24-21+,46-39+. The minimum Gasteiger partial charge on any atom is -0.494 e. The minimum atomic E-state index is -1.28. The highest BCUT2D eigenvalue weighted by Crippen LogP contribution is 2.37. The highest BCUT2D eigenvalue weighted by atomic mass is 16.5. The van der Waals surface area contributed by atoms with Gasteiger partial charge in [0, 0.05) is 28.2 Å². The van der Waals surface area contributed by atoms with Gasteiger partial charge in [0.15, 0.2) is 0 Å². The topological polar surface area (TPSA) is 101 Å². The minimum absolute atomic E-state index is 0.365. The molecule has 0 atom stereocenters. The Kier molecular flexibility index (Phi) is 22.7. The van der Waals surface area contributed by atoms with Gasteiger partial charge in [-0.2, -0.15) is 5.26 Å². The molecule has 0 amide bonds. The van der Waals surface area contributed by atoms with Gasteiger partial charge >= 0.3 is 5.97 Å². The van der Waals surface area contributed by atoms with E-state index in [1.807, 2.05) is 48.6 Å². The molecule has 0 aliphatic carbocycles. The fourth-order valence-electron chi connectivity index (χ4n) is 6.99. The number of ether oxygens (including phenoxy) is 4. The van der Waals surface area contributed by atoms with E-state index in [-0.39, 0.29) is 5.57 Å². The van der Waals surface area contributed by atoms with Crippen molar-refractivity contribution in [2.45, 2.75) is 130 Å². The maximum Gasteiger partial charge on any atom is 0.346 e. The summed E-state index contributed by atoms with van der Waals surface area (Å²) in [5.74, 6) is 1.56. The number of nitrogens with zero attached hydrogens (tertiary/aromatic N) is 2. The van der Waals surface area contributed by atoms with E-state index in [0.717, 1.165) is 104 Å². The summed E-state index contributed by atoms with van der Waals surface area (Å²) in [7, 11) is 0. The van der Waals surface area contributed by atoms with Crippen molar-refractivity contribution in [3.8, 4) is 29.1 Å². The molecule has 0 saturated heterocycles. The molecule has 8 heteroatoms. The SMILES string of the molecule is CCCCCCOc1ccc(N(c2ccc(/C=C/c3cc(OCCCCCC)c(/C=C(\C#N)C(=O)O)cc3OCCCCCC)cc2)c2ccc(OCCCCCC)cc2)cc1. The molecule has 0 unspecified atom stereocenters. The molecular weight excluding hydrogens is 773 g/mol. The maximum atomic E-state index is 11.9. The largest absolute Gasteiger partial charge is 0.494 e. The van der Waals surface area contributed by atoms with E-state index in [2.05, 4.69) is 81.1 Å². The molecule has 0 radical (unpaired) electrons. The number of hydrogen-bond acceptors (Lipinski definition) is 7. The Labute approximate surface area is 372 Å². The van der Waals surface area contributed by atoms with Crippen LogP contribution in [0.1, 0.15) is 147 Å². The van der Waals surface area contributed by atoms with Crippen molar-refractivity contribution in [2.24, 2.45) is 0 Å². The van der Waals surface area contributed by atoms with Crippen molar-refractivity contribution < 1.29 is 28.8 Å². The Morgan fingerprint density at radius 3 is 1.32 bits per heavy atom. The summed E-state index contributed by atoms with van der Waals surface area (Å²) in [6, 6.07) is 30.5. The molecule has 4 aromatic carbocycles. The Bertz CT molecular complexity index is 1920. The lowest BCUT2D eigenvalue weighted by Gasteiger charge is -2.26. The number of benzene rings is 4. The molecule has 0 heterocycles. The Hall–Kier alpha value is -5.68. The number of hydrogen-bond donors (Lipinski definition) is 1. The number of carboxylic acid groups (broad SMARTS) is 1. The van der Waals surface area contributed by atoms with Crippen LogP contribution >= 0.6 is 0 Å². The second-order valence-electron chi connectivity index (χ2n) is 15.8. The second-order valence-corrected chi connectivity index (χ2v) is 15.8. The second kappa shape index (κ2) is 28.8. The quantitative estimate of drug-likeness (QED) is 0.0231. The number of carbonyl (C=O) groups is 1. The van der Waals surface area contributed by atoms with Crippen LogP contribution < -0.4 is 23.8 Å². The third-order valence-corrected chi connectivity index (χ3v) is 10.6. The van der Waals surface area contributed by atoms with Gasteiger partial charge in [-0.1, -0.05) is 129 Å². The van der Waals surface area contributed by atoms with Crippen molar-refractivity contribution in [1.82, 2.24) is 0 Å². The van der Waals surface area contributed by atoms with Crippen molar-refractivity contribution >= 4 is 41.3 Å². The van der Waals surface area contributed by atoms with E-state index in [0.29, 0.717) is 43.5 Å². The zero-order valence-corrected chi connectivity index (χ0v) is 37.8. The van der Waals surface area contributed by atoms with E-state index in [9.17, 15) is 15.2 Å². The lowest BCUT2D eigenvalue weighted by atomic mass is 10.0. The first kappa shape index (κ1) is 49.0. The predicted molar refractivity (Wildman–Crippen MR) is 256 cm³/mol. The fraction of sp³-hybridized carbons (Fsp3) is 0.444. The van der Waals surface area contributed by atoms with Gasteiger partial charge in [0.25, 0.3) is 0 Å². The van der Waals surface area contributed by atoms with Crippen LogP contribution in [0.25, 0.3) is 18.2 Å². The summed E-state index contributed by atoms with van der Waals surface area (Å²) in [5, 5.41) is 19.3. The van der Waals surface area contributed by atoms with Crippen LogP contribution in [-0.2, 0) is 4.79 Å². The zero-order chi connectivity index (χ0) is 44.2. The molecular formula is C54H70N2O6. The van der Waals surface area contributed by atoms with Crippen LogP contribution in [0, 0.1) is 11.3 Å². The Morgan fingerprint density at radius 1 is 0.532 bits per heavy atom. The normalized spacial score (nSPS) is 11.4. The summed E-state index contributed by atoms with van der Waals surface area (Å²) in [5.41, 5.74) is 4.96. The molecule has 0 aliphatic rings. The molecule has 4 aromatic rings. The summed E-state index contributed by atoms with van der Waals surface area (Å²) in [6.45, 7) is 11.2. The summed E-state index contributed by atoms with van der Waals surface area (Å²) in [6.07, 6.45) is 23.1. The van der Waals surface area contributed by atoms with Crippen LogP contribution in [0.2, 0.25) is 0 Å². The van der Waals surface area contributed by atoms with Crippen molar-refractivity contribution in [2.75, 3.05) is 31.3 Å². The van der Waals surface area contributed by atoms with E-state index in [1.54, 1.807) is 6.07 Å². The third kappa shape index (κ3) is 17.0. The number of anilines is 3. The smallest absolute Gasteiger partial charge is 0.346 e. The highest BCUT2D eigenvalue weighted by Gasteiger charge is 2.16. The van der Waals surface area contributed by atoms with Gasteiger partial charge in [-0.25, -0.2) is 4.79 Å². The summed E-state index contributed by atoms with van der Waals surface area (Å²) >= 11 is 0. The van der Waals surface area contributed by atoms with E-state index in [1.165, 1.54) is 44.6 Å². The molecule has 0 spiro atoms. The first-order valence-corrected chi connectivity index (χ1v) is 23.2. The fourth-order valence-corrected chi connectivity index (χ4v) is 6.99. The maximum absolute atomic E-state index is 11.9. The molecule has 0 fully saturated rings. The van der Waals surface area contributed by atoms with Gasteiger partial charge < -0.3 is 29.0 Å². The third-order valence-electron chi connectivity index (χ3n) is 10.6. The Morgan fingerprint density at radius 2 is 0.919 bits per heavy atom. The zero-order valence-electron chi connectivity index (χ0n) is 37.8. The number of unbranched alkanes of at least 4 members (excludes halogenated alkanes) is 12. The van der Waals surface area contributed by atoms with Crippen LogP contribution in [0.15, 0.2) is 90.5 Å². The number of carboxylic acids is 1. The van der Waals surface area contributed by atoms with Gasteiger partial charge in [-0.15, -0.1) is 0 Å². The predicted octanol–water partition coefficient (Wildman–Crippen LogP) is 15.2. The molecule has 0 aliphatic heterocycles. The van der Waals surface area contributed by atoms with Crippen molar-refractivity contribution in [3.63, 3.8) is 0 Å². The average Bonchev–Trinajstić information content (AvgIpc) is 3.29. The van der Waals surface area contributed by atoms with Crippen molar-refractivity contribution in [3.05, 3.63) is 107 Å². The van der Waals surface area contributed by atoms with Crippen LogP contribution in [0.4, 0.5) is 17.1 Å². The number of rotatable bonds is 31.